The summed E-state index contributed by atoms with van der Waals surface area (Å²) in [5.41, 5.74) is 4.38. The van der Waals surface area contributed by atoms with Gasteiger partial charge in [0.15, 0.2) is 11.6 Å². The first-order valence-corrected chi connectivity index (χ1v) is 17.4. The highest BCUT2D eigenvalue weighted by atomic mass is 32.1. The van der Waals surface area contributed by atoms with Crippen molar-refractivity contribution in [3.05, 3.63) is 140 Å². The lowest BCUT2D eigenvalue weighted by atomic mass is 10.00. The summed E-state index contributed by atoms with van der Waals surface area (Å²) in [5, 5.41) is 11.2. The third-order valence-electron chi connectivity index (χ3n) is 9.59. The Labute approximate surface area is 276 Å². The standard InChI is InChI=1S/C42H23N3S2/c1-2-14-25-24(12-1)13-11-20-28(25)41-43-37-31-19-7-10-23-34(31)47-40(37)42(44-41)45-32-21-8-5-17-29(32)35-36-30-18-6-9-22-33(30)46-39(36)27-16-4-3-15-26(27)38(35)45/h1-23H. The van der Waals surface area contributed by atoms with Gasteiger partial charge in [-0.15, -0.1) is 22.7 Å². The first-order chi connectivity index (χ1) is 23.3. The SMILES string of the molecule is c1ccc2c(-c3nc(-n4c5ccccc5c5c6c7ccccc7sc6c6ccccc6c54)c4sc5ccccc5c4n3)cccc2c1. The zero-order chi connectivity index (χ0) is 30.6. The molecular formula is C42H23N3S2. The van der Waals surface area contributed by atoms with Crippen molar-refractivity contribution in [3.63, 3.8) is 0 Å². The van der Waals surface area contributed by atoms with Crippen LogP contribution >= 0.6 is 22.7 Å². The number of hydrogen-bond donors (Lipinski definition) is 0. The Kier molecular flexibility index (Phi) is 5.14. The third-order valence-corrected chi connectivity index (χ3v) is 12.0. The second-order valence-corrected chi connectivity index (χ2v) is 14.2. The number of fused-ring (bicyclic) bond motifs is 14. The average molecular weight is 634 g/mol. The molecule has 3 nitrogen and oxygen atoms in total. The predicted molar refractivity (Wildman–Crippen MR) is 203 cm³/mol. The largest absolute Gasteiger partial charge is 0.292 e. The summed E-state index contributed by atoms with van der Waals surface area (Å²) in [6.45, 7) is 0. The van der Waals surface area contributed by atoms with Gasteiger partial charge in [0, 0.05) is 57.4 Å². The third kappa shape index (κ3) is 3.45. The van der Waals surface area contributed by atoms with Crippen molar-refractivity contribution in [1.29, 1.82) is 0 Å². The molecule has 7 aromatic carbocycles. The van der Waals surface area contributed by atoms with Gasteiger partial charge in [0.1, 0.15) is 0 Å². The Balaban J connectivity index is 1.40. The highest BCUT2D eigenvalue weighted by molar-refractivity contribution is 7.27. The van der Waals surface area contributed by atoms with Crippen molar-refractivity contribution >= 4 is 106 Å². The Bertz CT molecular complexity index is 3080. The molecule has 5 heteroatoms. The summed E-state index contributed by atoms with van der Waals surface area (Å²) in [6, 6.07) is 50.2. The Morgan fingerprint density at radius 3 is 1.91 bits per heavy atom. The molecule has 0 radical (unpaired) electrons. The number of benzene rings is 7. The fourth-order valence-electron chi connectivity index (χ4n) is 7.61. The molecule has 4 aromatic heterocycles. The van der Waals surface area contributed by atoms with Crippen LogP contribution in [0.15, 0.2) is 140 Å². The van der Waals surface area contributed by atoms with Crippen molar-refractivity contribution in [1.82, 2.24) is 14.5 Å². The number of nitrogens with zero attached hydrogens (tertiary/aromatic N) is 3. The molecule has 4 heterocycles. The van der Waals surface area contributed by atoms with Crippen LogP contribution in [0.5, 0.6) is 0 Å². The van der Waals surface area contributed by atoms with E-state index in [9.17, 15) is 0 Å². The first-order valence-electron chi connectivity index (χ1n) is 15.8. The second kappa shape index (κ2) is 9.46. The molecule has 11 rings (SSSR count). The molecule has 0 saturated carbocycles. The van der Waals surface area contributed by atoms with Gasteiger partial charge in [-0.1, -0.05) is 121 Å². The molecule has 0 N–H and O–H groups in total. The Morgan fingerprint density at radius 1 is 0.447 bits per heavy atom. The second-order valence-electron chi connectivity index (χ2n) is 12.1. The summed E-state index contributed by atoms with van der Waals surface area (Å²) in [5.74, 6) is 1.67. The predicted octanol–water partition coefficient (Wildman–Crippen LogP) is 12.3. The van der Waals surface area contributed by atoms with Crippen LogP contribution < -0.4 is 0 Å². The molecule has 0 unspecified atom stereocenters. The molecule has 47 heavy (non-hydrogen) atoms. The smallest absolute Gasteiger partial charge is 0.162 e. The Hall–Kier alpha value is -5.62. The van der Waals surface area contributed by atoms with E-state index in [4.69, 9.17) is 9.97 Å². The zero-order valence-electron chi connectivity index (χ0n) is 24.9. The van der Waals surface area contributed by atoms with Crippen LogP contribution in [-0.4, -0.2) is 14.5 Å². The number of para-hydroxylation sites is 1. The van der Waals surface area contributed by atoms with Crippen molar-refractivity contribution in [2.75, 3.05) is 0 Å². The van der Waals surface area contributed by atoms with Crippen LogP contribution in [-0.2, 0) is 0 Å². The number of rotatable bonds is 2. The molecule has 0 spiro atoms. The van der Waals surface area contributed by atoms with Crippen LogP contribution in [0.25, 0.3) is 101 Å². The van der Waals surface area contributed by atoms with E-state index < -0.39 is 0 Å². The topological polar surface area (TPSA) is 30.7 Å². The fourth-order valence-corrected chi connectivity index (χ4v) is 9.98. The van der Waals surface area contributed by atoms with Crippen LogP contribution in [0.1, 0.15) is 0 Å². The zero-order valence-corrected chi connectivity index (χ0v) is 26.6. The maximum atomic E-state index is 5.56. The van der Waals surface area contributed by atoms with Crippen molar-refractivity contribution in [3.8, 4) is 17.2 Å². The summed E-state index contributed by atoms with van der Waals surface area (Å²) >= 11 is 3.67. The number of thiophene rings is 2. The maximum absolute atomic E-state index is 5.56. The molecule has 0 bridgehead atoms. The van der Waals surface area contributed by atoms with E-state index in [0.29, 0.717) is 0 Å². The molecule has 0 atom stereocenters. The van der Waals surface area contributed by atoms with E-state index >= 15 is 0 Å². The van der Waals surface area contributed by atoms with Gasteiger partial charge < -0.3 is 0 Å². The van der Waals surface area contributed by atoms with Crippen LogP contribution in [0.3, 0.4) is 0 Å². The fraction of sp³-hybridized carbons (Fsp3) is 0. The van der Waals surface area contributed by atoms with E-state index in [0.717, 1.165) is 43.7 Å². The molecule has 0 aliphatic heterocycles. The Morgan fingerprint density at radius 2 is 1.06 bits per heavy atom. The van der Waals surface area contributed by atoms with Crippen LogP contribution in [0, 0.1) is 0 Å². The molecule has 11 aromatic rings. The van der Waals surface area contributed by atoms with E-state index in [1.807, 2.05) is 11.3 Å². The van der Waals surface area contributed by atoms with Gasteiger partial charge in [-0.2, -0.15) is 0 Å². The van der Waals surface area contributed by atoms with E-state index in [1.54, 1.807) is 11.3 Å². The molecule has 0 fully saturated rings. The molecule has 218 valence electrons. The molecule has 0 aliphatic rings. The lowest BCUT2D eigenvalue weighted by molar-refractivity contribution is 1.09. The molecule has 0 aliphatic carbocycles. The maximum Gasteiger partial charge on any atom is 0.162 e. The highest BCUT2D eigenvalue weighted by Crippen LogP contribution is 2.49. The lowest BCUT2D eigenvalue weighted by Crippen LogP contribution is -2.02. The van der Waals surface area contributed by atoms with E-state index in [-0.39, 0.29) is 0 Å². The highest BCUT2D eigenvalue weighted by Gasteiger charge is 2.25. The summed E-state index contributed by atoms with van der Waals surface area (Å²) in [6.07, 6.45) is 0. The van der Waals surface area contributed by atoms with Gasteiger partial charge in [-0.05, 0) is 29.0 Å². The molecular weight excluding hydrogens is 611 g/mol. The summed E-state index contributed by atoms with van der Waals surface area (Å²) in [4.78, 5) is 10.9. The van der Waals surface area contributed by atoms with Crippen LogP contribution in [0.2, 0.25) is 0 Å². The lowest BCUT2D eigenvalue weighted by Gasteiger charge is -2.13. The minimum absolute atomic E-state index is 0.741. The van der Waals surface area contributed by atoms with Gasteiger partial charge in [0.2, 0.25) is 0 Å². The monoisotopic (exact) mass is 633 g/mol. The summed E-state index contributed by atoms with van der Waals surface area (Å²) < 4.78 is 7.39. The van der Waals surface area contributed by atoms with E-state index in [2.05, 4.69) is 144 Å². The van der Waals surface area contributed by atoms with E-state index in [1.165, 1.54) is 57.3 Å². The normalized spacial score (nSPS) is 12.3. The van der Waals surface area contributed by atoms with Gasteiger partial charge >= 0.3 is 0 Å². The number of aromatic nitrogens is 3. The van der Waals surface area contributed by atoms with Gasteiger partial charge in [-0.25, -0.2) is 9.97 Å². The van der Waals surface area contributed by atoms with Crippen molar-refractivity contribution < 1.29 is 0 Å². The summed E-state index contributed by atoms with van der Waals surface area (Å²) in [7, 11) is 0. The van der Waals surface area contributed by atoms with Gasteiger partial charge in [0.25, 0.3) is 0 Å². The van der Waals surface area contributed by atoms with Gasteiger partial charge in [-0.3, -0.25) is 4.57 Å². The van der Waals surface area contributed by atoms with Crippen LogP contribution in [0.4, 0.5) is 0 Å². The van der Waals surface area contributed by atoms with Crippen molar-refractivity contribution in [2.45, 2.75) is 0 Å². The first kappa shape index (κ1) is 25.6. The van der Waals surface area contributed by atoms with Gasteiger partial charge in [0.05, 0.1) is 21.3 Å². The average Bonchev–Trinajstić information content (AvgIpc) is 3.81. The molecule has 0 amide bonds. The number of hydrogen-bond acceptors (Lipinski definition) is 4. The van der Waals surface area contributed by atoms with Crippen molar-refractivity contribution in [2.24, 2.45) is 0 Å². The quantitative estimate of drug-likeness (QED) is 0.190. The minimum atomic E-state index is 0.741. The molecule has 0 saturated heterocycles. The minimum Gasteiger partial charge on any atom is -0.292 e.